The molecule has 3 rings (SSSR count). The number of methoxy groups -OCH3 is 1. The zero-order valence-corrected chi connectivity index (χ0v) is 13.2. The number of ether oxygens (including phenoxy) is 1. The summed E-state index contributed by atoms with van der Waals surface area (Å²) in [5.41, 5.74) is 6.64. The Morgan fingerprint density at radius 1 is 1.48 bits per heavy atom. The number of nitrogens with one attached hydrogen (secondary N) is 1. The van der Waals surface area contributed by atoms with Crippen LogP contribution in [-0.4, -0.2) is 30.1 Å². The molecule has 0 radical (unpaired) electrons. The molecule has 0 spiro atoms. The molecular weight excluding hydrogens is 286 g/mol. The molecule has 116 valence electrons. The van der Waals surface area contributed by atoms with Crippen molar-refractivity contribution in [1.29, 1.82) is 0 Å². The van der Waals surface area contributed by atoms with Crippen LogP contribution in [0.2, 0.25) is 0 Å². The van der Waals surface area contributed by atoms with Crippen LogP contribution in [0, 0.1) is 11.8 Å². The van der Waals surface area contributed by atoms with Crippen molar-refractivity contribution >= 4 is 17.2 Å². The zero-order valence-electron chi connectivity index (χ0n) is 12.4. The summed E-state index contributed by atoms with van der Waals surface area (Å²) in [5, 5.41) is 5.88. The Balaban J connectivity index is 1.66. The monoisotopic (exact) mass is 309 g/mol. The summed E-state index contributed by atoms with van der Waals surface area (Å²) >= 11 is 1.47. The van der Waals surface area contributed by atoms with Gasteiger partial charge in [0.1, 0.15) is 10.7 Å². The number of carbonyl (C=O) groups excluding carboxylic acids is 1. The number of thiazole rings is 1. The fourth-order valence-electron chi connectivity index (χ4n) is 3.86. The second-order valence-corrected chi connectivity index (χ2v) is 7.18. The second-order valence-electron chi connectivity index (χ2n) is 6.24. The number of nitrogens with zero attached hydrogens (tertiary/aromatic N) is 1. The van der Waals surface area contributed by atoms with Crippen LogP contribution in [0.3, 0.4) is 0 Å². The maximum Gasteiger partial charge on any atom is 0.270 e. The Hall–Kier alpha value is -0.980. The average molecular weight is 309 g/mol. The van der Waals surface area contributed by atoms with E-state index in [0.717, 1.165) is 17.8 Å². The molecule has 5 nitrogen and oxygen atoms in total. The third kappa shape index (κ3) is 3.27. The molecule has 0 aliphatic heterocycles. The van der Waals surface area contributed by atoms with Crippen molar-refractivity contribution in [3.05, 3.63) is 16.1 Å². The van der Waals surface area contributed by atoms with Crippen LogP contribution in [-0.2, 0) is 11.3 Å². The summed E-state index contributed by atoms with van der Waals surface area (Å²) in [4.78, 5) is 16.7. The van der Waals surface area contributed by atoms with Gasteiger partial charge < -0.3 is 15.8 Å². The highest BCUT2D eigenvalue weighted by Crippen LogP contribution is 2.39. The van der Waals surface area contributed by atoms with Crippen molar-refractivity contribution in [2.75, 3.05) is 7.11 Å². The first-order valence-corrected chi connectivity index (χ1v) is 8.55. The fourth-order valence-corrected chi connectivity index (χ4v) is 4.60. The van der Waals surface area contributed by atoms with Crippen molar-refractivity contribution in [3.63, 3.8) is 0 Å². The molecule has 2 bridgehead atoms. The number of hydrogen-bond donors (Lipinski definition) is 2. The predicted molar refractivity (Wildman–Crippen MR) is 82.1 cm³/mol. The number of rotatable bonds is 4. The van der Waals surface area contributed by atoms with Crippen LogP contribution >= 0.6 is 11.3 Å². The van der Waals surface area contributed by atoms with E-state index in [1.807, 2.05) is 5.38 Å². The van der Waals surface area contributed by atoms with Crippen molar-refractivity contribution in [3.8, 4) is 0 Å². The van der Waals surface area contributed by atoms with Gasteiger partial charge in [0.15, 0.2) is 0 Å². The van der Waals surface area contributed by atoms with Gasteiger partial charge in [0, 0.05) is 24.6 Å². The molecule has 2 aliphatic carbocycles. The number of nitrogens with two attached hydrogens (primary N) is 1. The summed E-state index contributed by atoms with van der Waals surface area (Å²) in [6, 6.07) is 0.583. The van der Waals surface area contributed by atoms with E-state index in [9.17, 15) is 4.79 Å². The average Bonchev–Trinajstić information content (AvgIpc) is 2.89. The van der Waals surface area contributed by atoms with Crippen LogP contribution in [0.15, 0.2) is 5.38 Å². The number of hydrogen-bond acceptors (Lipinski definition) is 5. The third-order valence-electron chi connectivity index (χ3n) is 4.73. The summed E-state index contributed by atoms with van der Waals surface area (Å²) in [7, 11) is 1.63. The van der Waals surface area contributed by atoms with E-state index >= 15 is 0 Å². The van der Waals surface area contributed by atoms with Gasteiger partial charge in [-0.3, -0.25) is 4.79 Å². The molecule has 2 atom stereocenters. The topological polar surface area (TPSA) is 77.2 Å². The SMILES string of the molecule is COCc1nc(C(=O)NC2C3CCCC2CC(N)C3)cs1. The van der Waals surface area contributed by atoms with Crippen molar-refractivity contribution in [2.45, 2.75) is 50.8 Å². The van der Waals surface area contributed by atoms with Crippen LogP contribution in [0.5, 0.6) is 0 Å². The first-order valence-electron chi connectivity index (χ1n) is 7.67. The minimum atomic E-state index is -0.0500. The third-order valence-corrected chi connectivity index (χ3v) is 5.55. The summed E-state index contributed by atoms with van der Waals surface area (Å²) < 4.78 is 5.05. The molecule has 6 heteroatoms. The molecule has 3 N–H and O–H groups in total. The van der Waals surface area contributed by atoms with Crippen LogP contribution in [0.25, 0.3) is 0 Å². The van der Waals surface area contributed by atoms with E-state index in [-0.39, 0.29) is 11.9 Å². The number of fused-ring (bicyclic) bond motifs is 2. The number of amides is 1. The minimum absolute atomic E-state index is 0.0500. The van der Waals surface area contributed by atoms with Crippen molar-refractivity contribution in [2.24, 2.45) is 17.6 Å². The van der Waals surface area contributed by atoms with Gasteiger partial charge in [-0.15, -0.1) is 11.3 Å². The van der Waals surface area contributed by atoms with Gasteiger partial charge in [-0.1, -0.05) is 6.42 Å². The first kappa shape index (κ1) is 14.9. The molecule has 2 unspecified atom stereocenters. The molecule has 1 amide bonds. The van der Waals surface area contributed by atoms with Gasteiger partial charge in [0.05, 0.1) is 6.61 Å². The quantitative estimate of drug-likeness (QED) is 0.891. The molecule has 0 aromatic carbocycles. The lowest BCUT2D eigenvalue weighted by molar-refractivity contribution is 0.0752. The summed E-state index contributed by atoms with van der Waals surface area (Å²) in [5.74, 6) is 1.02. The van der Waals surface area contributed by atoms with E-state index in [1.54, 1.807) is 7.11 Å². The lowest BCUT2D eigenvalue weighted by Gasteiger charge is -2.45. The van der Waals surface area contributed by atoms with Crippen LogP contribution in [0.4, 0.5) is 0 Å². The summed E-state index contributed by atoms with van der Waals surface area (Å²) in [6.45, 7) is 0.460. The zero-order chi connectivity index (χ0) is 14.8. The highest BCUT2D eigenvalue weighted by molar-refractivity contribution is 7.09. The highest BCUT2D eigenvalue weighted by Gasteiger charge is 2.40. The number of carbonyl (C=O) groups is 1. The molecule has 1 heterocycles. The van der Waals surface area contributed by atoms with E-state index in [1.165, 1.54) is 30.6 Å². The Labute approximate surface area is 129 Å². The Morgan fingerprint density at radius 2 is 2.19 bits per heavy atom. The lowest BCUT2D eigenvalue weighted by atomic mass is 9.67. The Kier molecular flexibility index (Phi) is 4.57. The molecular formula is C15H23N3O2S. The highest BCUT2D eigenvalue weighted by atomic mass is 32.1. The molecule has 2 aliphatic rings. The normalized spacial score (nSPS) is 31.9. The molecule has 0 saturated heterocycles. The van der Waals surface area contributed by atoms with E-state index in [2.05, 4.69) is 10.3 Å². The Morgan fingerprint density at radius 3 is 2.86 bits per heavy atom. The molecule has 1 aromatic rings. The predicted octanol–water partition coefficient (Wildman–Crippen LogP) is 1.93. The summed E-state index contributed by atoms with van der Waals surface area (Å²) in [6.07, 6.45) is 5.70. The first-order chi connectivity index (χ1) is 10.2. The minimum Gasteiger partial charge on any atom is -0.378 e. The Bertz CT molecular complexity index is 491. The van der Waals surface area contributed by atoms with Crippen molar-refractivity contribution < 1.29 is 9.53 Å². The van der Waals surface area contributed by atoms with E-state index < -0.39 is 0 Å². The van der Waals surface area contributed by atoms with E-state index in [4.69, 9.17) is 10.5 Å². The maximum absolute atomic E-state index is 12.4. The smallest absolute Gasteiger partial charge is 0.270 e. The fraction of sp³-hybridized carbons (Fsp3) is 0.733. The van der Waals surface area contributed by atoms with Gasteiger partial charge in [0.25, 0.3) is 5.91 Å². The van der Waals surface area contributed by atoms with Gasteiger partial charge in [-0.25, -0.2) is 4.98 Å². The molecule has 1 aromatic heterocycles. The van der Waals surface area contributed by atoms with Gasteiger partial charge >= 0.3 is 0 Å². The van der Waals surface area contributed by atoms with E-state index in [0.29, 0.717) is 30.2 Å². The molecule has 2 fully saturated rings. The number of aromatic nitrogens is 1. The largest absolute Gasteiger partial charge is 0.378 e. The second kappa shape index (κ2) is 6.42. The maximum atomic E-state index is 12.4. The standard InChI is InChI=1S/C15H23N3O2S/c1-20-7-13-17-12(8-21-13)15(19)18-14-9-3-2-4-10(14)6-11(16)5-9/h8-11,14H,2-7,16H2,1H3,(H,18,19). The lowest BCUT2D eigenvalue weighted by Crippen LogP contribution is -2.53. The van der Waals surface area contributed by atoms with Gasteiger partial charge in [-0.05, 0) is 37.5 Å². The van der Waals surface area contributed by atoms with Gasteiger partial charge in [-0.2, -0.15) is 0 Å². The molecule has 2 saturated carbocycles. The van der Waals surface area contributed by atoms with Crippen LogP contribution in [0.1, 0.15) is 47.6 Å². The van der Waals surface area contributed by atoms with Crippen molar-refractivity contribution in [1.82, 2.24) is 10.3 Å². The van der Waals surface area contributed by atoms with Gasteiger partial charge in [0.2, 0.25) is 0 Å². The molecule has 21 heavy (non-hydrogen) atoms. The van der Waals surface area contributed by atoms with Crippen LogP contribution < -0.4 is 11.1 Å².